The van der Waals surface area contributed by atoms with E-state index >= 15 is 0 Å². The number of amides is 1. The van der Waals surface area contributed by atoms with Gasteiger partial charge in [-0.25, -0.2) is 0 Å². The van der Waals surface area contributed by atoms with Gasteiger partial charge in [-0.3, -0.25) is 4.79 Å². The highest BCUT2D eigenvalue weighted by atomic mass is 16.5. The molecule has 0 bridgehead atoms. The first kappa shape index (κ1) is 17.4. The maximum atomic E-state index is 12.3. The molecule has 0 spiro atoms. The molecule has 1 saturated heterocycles. The molecule has 0 aromatic carbocycles. The van der Waals surface area contributed by atoms with Crippen molar-refractivity contribution in [2.45, 2.75) is 58.3 Å². The van der Waals surface area contributed by atoms with Gasteiger partial charge in [-0.1, -0.05) is 20.8 Å². The molecule has 5 nitrogen and oxygen atoms in total. The predicted molar refractivity (Wildman–Crippen MR) is 81.5 cm³/mol. The summed E-state index contributed by atoms with van der Waals surface area (Å²) in [6.45, 7) is 7.93. The van der Waals surface area contributed by atoms with Crippen molar-refractivity contribution in [2.75, 3.05) is 27.2 Å². The maximum Gasteiger partial charge on any atom is 0.249 e. The second-order valence-electron chi connectivity index (χ2n) is 7.08. The summed E-state index contributed by atoms with van der Waals surface area (Å²) in [5.74, 6) is 0.0135. The molecule has 20 heavy (non-hydrogen) atoms. The van der Waals surface area contributed by atoms with Crippen molar-refractivity contribution in [1.82, 2.24) is 10.2 Å². The van der Waals surface area contributed by atoms with Gasteiger partial charge in [-0.2, -0.15) is 0 Å². The monoisotopic (exact) mass is 285 g/mol. The summed E-state index contributed by atoms with van der Waals surface area (Å²) in [7, 11) is 4.10. The van der Waals surface area contributed by atoms with Crippen LogP contribution in [0.15, 0.2) is 0 Å². The molecule has 5 heteroatoms. The van der Waals surface area contributed by atoms with Crippen molar-refractivity contribution in [3.05, 3.63) is 0 Å². The Balaban J connectivity index is 2.54. The van der Waals surface area contributed by atoms with E-state index in [0.717, 1.165) is 25.8 Å². The van der Waals surface area contributed by atoms with Crippen LogP contribution in [-0.4, -0.2) is 56.2 Å². The van der Waals surface area contributed by atoms with Crippen molar-refractivity contribution in [1.29, 1.82) is 0 Å². The first-order valence-electron chi connectivity index (χ1n) is 7.54. The van der Waals surface area contributed by atoms with Gasteiger partial charge in [0.1, 0.15) is 6.10 Å². The molecule has 1 fully saturated rings. The number of rotatable bonds is 6. The Morgan fingerprint density at radius 2 is 2.05 bits per heavy atom. The Hall–Kier alpha value is -0.650. The van der Waals surface area contributed by atoms with E-state index in [1.165, 1.54) is 0 Å². The Bertz CT molecular complexity index is 313. The van der Waals surface area contributed by atoms with E-state index in [4.69, 9.17) is 10.5 Å². The number of ether oxygens (including phenoxy) is 1. The van der Waals surface area contributed by atoms with Crippen molar-refractivity contribution >= 4 is 5.91 Å². The van der Waals surface area contributed by atoms with E-state index in [2.05, 4.69) is 31.0 Å². The third kappa shape index (κ3) is 5.38. The van der Waals surface area contributed by atoms with Crippen molar-refractivity contribution in [3.8, 4) is 0 Å². The number of carbonyl (C=O) groups excluding carboxylic acids is 1. The van der Waals surface area contributed by atoms with Crippen LogP contribution in [0, 0.1) is 5.41 Å². The largest absolute Gasteiger partial charge is 0.364 e. The number of nitrogens with one attached hydrogen (secondary N) is 1. The summed E-state index contributed by atoms with van der Waals surface area (Å²) in [5, 5.41) is 3.17. The number of nitrogens with two attached hydrogens (primary N) is 1. The van der Waals surface area contributed by atoms with Crippen LogP contribution in [-0.2, 0) is 9.53 Å². The van der Waals surface area contributed by atoms with E-state index in [9.17, 15) is 4.79 Å². The van der Waals surface area contributed by atoms with Crippen LogP contribution in [0.3, 0.4) is 0 Å². The first-order valence-corrected chi connectivity index (χ1v) is 7.54. The molecule has 1 aliphatic rings. The lowest BCUT2D eigenvalue weighted by atomic mass is 9.84. The molecule has 0 radical (unpaired) electrons. The average Bonchev–Trinajstić information content (AvgIpc) is 2.81. The molecule has 1 rings (SSSR count). The zero-order chi connectivity index (χ0) is 15.3. The highest BCUT2D eigenvalue weighted by molar-refractivity contribution is 5.81. The van der Waals surface area contributed by atoms with Crippen LogP contribution in [0.2, 0.25) is 0 Å². The van der Waals surface area contributed by atoms with Crippen LogP contribution in [0.25, 0.3) is 0 Å². The molecule has 3 atom stereocenters. The molecule has 1 heterocycles. The van der Waals surface area contributed by atoms with Crippen LogP contribution in [0.4, 0.5) is 0 Å². The van der Waals surface area contributed by atoms with Gasteiger partial charge in [-0.15, -0.1) is 0 Å². The minimum atomic E-state index is -0.326. The predicted octanol–water partition coefficient (Wildman–Crippen LogP) is 0.975. The lowest BCUT2D eigenvalue weighted by Crippen LogP contribution is -2.48. The zero-order valence-corrected chi connectivity index (χ0v) is 13.6. The molecule has 1 unspecified atom stereocenters. The molecule has 118 valence electrons. The average molecular weight is 285 g/mol. The molecular formula is C15H31N3O2. The summed E-state index contributed by atoms with van der Waals surface area (Å²) in [5.41, 5.74) is 5.62. The second kappa shape index (κ2) is 7.38. The van der Waals surface area contributed by atoms with Crippen molar-refractivity contribution in [3.63, 3.8) is 0 Å². The van der Waals surface area contributed by atoms with Gasteiger partial charge in [0.25, 0.3) is 0 Å². The molecule has 1 aliphatic heterocycles. The normalized spacial score (nSPS) is 24.9. The first-order chi connectivity index (χ1) is 9.24. The molecule has 0 aromatic heterocycles. The third-order valence-electron chi connectivity index (χ3n) is 3.89. The number of hydrogen-bond acceptors (Lipinski definition) is 4. The topological polar surface area (TPSA) is 67.6 Å². The second-order valence-corrected chi connectivity index (χ2v) is 7.08. The third-order valence-corrected chi connectivity index (χ3v) is 3.89. The summed E-state index contributed by atoms with van der Waals surface area (Å²) in [6, 6.07) is 0.151. The molecule has 3 N–H and O–H groups in total. The molecule has 0 aromatic rings. The van der Waals surface area contributed by atoms with E-state index in [0.29, 0.717) is 6.54 Å². The smallest absolute Gasteiger partial charge is 0.249 e. The van der Waals surface area contributed by atoms with Crippen LogP contribution < -0.4 is 11.1 Å². The minimum Gasteiger partial charge on any atom is -0.364 e. The lowest BCUT2D eigenvalue weighted by Gasteiger charge is -2.33. The van der Waals surface area contributed by atoms with Gasteiger partial charge < -0.3 is 20.7 Å². The number of carbonyl (C=O) groups is 1. The summed E-state index contributed by atoms with van der Waals surface area (Å²) in [6.07, 6.45) is 2.31. The molecular weight excluding hydrogens is 254 g/mol. The fourth-order valence-corrected chi connectivity index (χ4v) is 2.45. The highest BCUT2D eigenvalue weighted by Gasteiger charge is 2.33. The van der Waals surface area contributed by atoms with E-state index < -0.39 is 0 Å². The van der Waals surface area contributed by atoms with Gasteiger partial charge >= 0.3 is 0 Å². The number of hydrogen-bond donors (Lipinski definition) is 2. The van der Waals surface area contributed by atoms with Gasteiger partial charge in [-0.05, 0) is 45.3 Å². The lowest BCUT2D eigenvalue weighted by molar-refractivity contribution is -0.133. The van der Waals surface area contributed by atoms with Gasteiger partial charge in [0.2, 0.25) is 5.91 Å². The summed E-state index contributed by atoms with van der Waals surface area (Å²) in [4.78, 5) is 14.5. The van der Waals surface area contributed by atoms with Crippen LogP contribution >= 0.6 is 0 Å². The zero-order valence-electron chi connectivity index (χ0n) is 13.6. The van der Waals surface area contributed by atoms with E-state index in [1.54, 1.807) is 0 Å². The maximum absolute atomic E-state index is 12.3. The minimum absolute atomic E-state index is 0.0135. The highest BCUT2D eigenvalue weighted by Crippen LogP contribution is 2.24. The Labute approximate surface area is 123 Å². The standard InChI is InChI=1S/C15H31N3O2/c1-15(2,3)13(8-9-18(4)5)17-14(19)12-7-6-11(10-16)20-12/h11-13H,6-10,16H2,1-5H3,(H,17,19)/t11-,12+,13?/m1/s1. The molecule has 1 amide bonds. The van der Waals surface area contributed by atoms with Crippen molar-refractivity contribution in [2.24, 2.45) is 11.1 Å². The quantitative estimate of drug-likeness (QED) is 0.763. The van der Waals surface area contributed by atoms with Gasteiger partial charge in [0, 0.05) is 12.6 Å². The molecule has 0 saturated carbocycles. The van der Waals surface area contributed by atoms with Gasteiger partial charge in [0.15, 0.2) is 0 Å². The Morgan fingerprint density at radius 1 is 1.40 bits per heavy atom. The van der Waals surface area contributed by atoms with Crippen LogP contribution in [0.1, 0.15) is 40.0 Å². The fraction of sp³-hybridized carbons (Fsp3) is 0.933. The number of nitrogens with zero attached hydrogens (tertiary/aromatic N) is 1. The van der Waals surface area contributed by atoms with Crippen molar-refractivity contribution < 1.29 is 9.53 Å². The van der Waals surface area contributed by atoms with E-state index in [1.807, 2.05) is 14.1 Å². The Morgan fingerprint density at radius 3 is 2.50 bits per heavy atom. The fourth-order valence-electron chi connectivity index (χ4n) is 2.45. The summed E-state index contributed by atoms with van der Waals surface area (Å²) >= 11 is 0. The Kier molecular flexibility index (Phi) is 6.43. The van der Waals surface area contributed by atoms with Gasteiger partial charge in [0.05, 0.1) is 6.10 Å². The van der Waals surface area contributed by atoms with E-state index in [-0.39, 0.29) is 29.6 Å². The molecule has 0 aliphatic carbocycles. The summed E-state index contributed by atoms with van der Waals surface area (Å²) < 4.78 is 5.66. The van der Waals surface area contributed by atoms with Crippen LogP contribution in [0.5, 0.6) is 0 Å². The SMILES string of the molecule is CN(C)CCC(NC(=O)[C@@H]1CC[C@H](CN)O1)C(C)(C)C.